The molecule has 102 valence electrons. The Hall–Kier alpha value is -1.39. The van der Waals surface area contributed by atoms with Gasteiger partial charge in [-0.2, -0.15) is 0 Å². The fourth-order valence-corrected chi connectivity index (χ4v) is 3.20. The predicted molar refractivity (Wildman–Crippen MR) is 79.7 cm³/mol. The third-order valence-corrected chi connectivity index (χ3v) is 4.19. The molecule has 0 aliphatic rings. The van der Waals surface area contributed by atoms with Crippen LogP contribution in [0.15, 0.2) is 18.2 Å². The first-order valence-electron chi connectivity index (χ1n) is 6.43. The third kappa shape index (κ3) is 3.33. The molecule has 0 saturated heterocycles. The number of rotatable bonds is 4. The summed E-state index contributed by atoms with van der Waals surface area (Å²) in [5.74, 6) is 0.253. The summed E-state index contributed by atoms with van der Waals surface area (Å²) in [6.07, 6.45) is 0. The molecule has 4 heteroatoms. The van der Waals surface area contributed by atoms with E-state index in [0.29, 0.717) is 12.2 Å². The lowest BCUT2D eigenvalue weighted by Gasteiger charge is -2.14. The smallest absolute Gasteiger partial charge is 0.138 e. The second-order valence-corrected chi connectivity index (χ2v) is 6.35. The minimum atomic E-state index is 0.253. The number of aryl methyl sites for hydroxylation is 3. The van der Waals surface area contributed by atoms with Crippen LogP contribution in [0.1, 0.15) is 39.7 Å². The van der Waals surface area contributed by atoms with Gasteiger partial charge in [-0.3, -0.25) is 4.98 Å². The molecule has 3 nitrogen and oxygen atoms in total. The number of pyridine rings is 1. The molecule has 19 heavy (non-hydrogen) atoms. The highest BCUT2D eigenvalue weighted by molar-refractivity contribution is 7.12. The monoisotopic (exact) mass is 276 g/mol. The van der Waals surface area contributed by atoms with E-state index in [0.717, 1.165) is 5.69 Å². The molecule has 0 aliphatic carbocycles. The lowest BCUT2D eigenvalue weighted by Crippen LogP contribution is -2.19. The average molecular weight is 276 g/mol. The van der Waals surface area contributed by atoms with Gasteiger partial charge in [0.2, 0.25) is 0 Å². The molecule has 1 atom stereocenters. The first-order valence-corrected chi connectivity index (χ1v) is 7.25. The Morgan fingerprint density at radius 3 is 2.68 bits per heavy atom. The molecule has 1 unspecified atom stereocenters. The first-order chi connectivity index (χ1) is 8.97. The second-order valence-electron chi connectivity index (χ2n) is 4.89. The van der Waals surface area contributed by atoms with Gasteiger partial charge in [-0.25, -0.2) is 0 Å². The molecule has 0 aliphatic heterocycles. The van der Waals surface area contributed by atoms with Gasteiger partial charge in [0, 0.05) is 28.0 Å². The number of hydrogen-bond donors (Lipinski definition) is 2. The van der Waals surface area contributed by atoms with E-state index in [9.17, 15) is 5.11 Å². The van der Waals surface area contributed by atoms with Crippen LogP contribution in [0.5, 0.6) is 5.75 Å². The summed E-state index contributed by atoms with van der Waals surface area (Å²) in [6, 6.07) is 5.99. The molecule has 0 fully saturated rings. The molecule has 0 spiro atoms. The Morgan fingerprint density at radius 1 is 1.32 bits per heavy atom. The van der Waals surface area contributed by atoms with Gasteiger partial charge in [0.25, 0.3) is 0 Å². The Balaban J connectivity index is 2.06. The molecule has 0 aromatic carbocycles. The van der Waals surface area contributed by atoms with E-state index >= 15 is 0 Å². The van der Waals surface area contributed by atoms with Crippen molar-refractivity contribution in [2.45, 2.75) is 40.3 Å². The number of nitrogens with zero attached hydrogens (tertiary/aromatic N) is 1. The van der Waals surface area contributed by atoms with Crippen molar-refractivity contribution in [1.82, 2.24) is 10.3 Å². The van der Waals surface area contributed by atoms with Crippen LogP contribution in [-0.4, -0.2) is 10.1 Å². The van der Waals surface area contributed by atoms with Crippen LogP contribution >= 0.6 is 11.3 Å². The van der Waals surface area contributed by atoms with Crippen molar-refractivity contribution in [3.05, 3.63) is 44.9 Å². The van der Waals surface area contributed by atoms with E-state index in [1.54, 1.807) is 6.07 Å². The zero-order chi connectivity index (χ0) is 14.0. The Kier molecular flexibility index (Phi) is 4.22. The van der Waals surface area contributed by atoms with Crippen molar-refractivity contribution in [2.75, 3.05) is 0 Å². The fourth-order valence-electron chi connectivity index (χ4n) is 2.17. The maximum atomic E-state index is 9.78. The average Bonchev–Trinajstić information content (AvgIpc) is 2.69. The normalized spacial score (nSPS) is 12.6. The topological polar surface area (TPSA) is 45.1 Å². The number of hydrogen-bond acceptors (Lipinski definition) is 4. The van der Waals surface area contributed by atoms with Crippen LogP contribution in [0, 0.1) is 20.8 Å². The first kappa shape index (κ1) is 14.0. The summed E-state index contributed by atoms with van der Waals surface area (Å²) >= 11 is 1.82. The van der Waals surface area contributed by atoms with E-state index in [4.69, 9.17) is 0 Å². The highest BCUT2D eigenvalue weighted by Gasteiger charge is 2.12. The largest absolute Gasteiger partial charge is 0.506 e. The van der Waals surface area contributed by atoms with E-state index in [1.807, 2.05) is 24.3 Å². The number of aromatic hydroxyl groups is 1. The van der Waals surface area contributed by atoms with Crippen molar-refractivity contribution >= 4 is 11.3 Å². The van der Waals surface area contributed by atoms with Crippen LogP contribution in [0.2, 0.25) is 0 Å². The van der Waals surface area contributed by atoms with Gasteiger partial charge in [0.05, 0.1) is 5.69 Å². The summed E-state index contributed by atoms with van der Waals surface area (Å²) < 4.78 is 0. The van der Waals surface area contributed by atoms with Gasteiger partial charge in [-0.05, 0) is 51.5 Å². The summed E-state index contributed by atoms with van der Waals surface area (Å²) in [6.45, 7) is 8.92. The van der Waals surface area contributed by atoms with E-state index < -0.39 is 0 Å². The summed E-state index contributed by atoms with van der Waals surface area (Å²) in [4.78, 5) is 7.03. The van der Waals surface area contributed by atoms with Crippen LogP contribution in [0.4, 0.5) is 0 Å². The maximum Gasteiger partial charge on any atom is 0.138 e. The quantitative estimate of drug-likeness (QED) is 0.896. The molecule has 2 N–H and O–H groups in total. The van der Waals surface area contributed by atoms with Gasteiger partial charge in [-0.15, -0.1) is 11.3 Å². The molecule has 2 heterocycles. The molecular weight excluding hydrogens is 256 g/mol. The van der Waals surface area contributed by atoms with Crippen LogP contribution < -0.4 is 5.32 Å². The molecule has 2 rings (SSSR count). The highest BCUT2D eigenvalue weighted by atomic mass is 32.1. The second kappa shape index (κ2) is 5.72. The van der Waals surface area contributed by atoms with Crippen LogP contribution in [-0.2, 0) is 6.54 Å². The van der Waals surface area contributed by atoms with Crippen molar-refractivity contribution in [1.29, 1.82) is 0 Å². The third-order valence-electron chi connectivity index (χ3n) is 3.21. The molecule has 0 bridgehead atoms. The van der Waals surface area contributed by atoms with Crippen molar-refractivity contribution in [3.8, 4) is 5.75 Å². The number of thiophene rings is 1. The minimum absolute atomic E-state index is 0.253. The van der Waals surface area contributed by atoms with Gasteiger partial charge in [0.15, 0.2) is 0 Å². The number of nitrogens with one attached hydrogen (secondary N) is 1. The summed E-state index contributed by atoms with van der Waals surface area (Å²) in [5.41, 5.74) is 2.95. The molecular formula is C15H20N2OS. The van der Waals surface area contributed by atoms with E-state index in [1.165, 1.54) is 15.3 Å². The zero-order valence-corrected chi connectivity index (χ0v) is 12.6. The van der Waals surface area contributed by atoms with Gasteiger partial charge >= 0.3 is 0 Å². The Morgan fingerprint density at radius 2 is 2.05 bits per heavy atom. The highest BCUT2D eigenvalue weighted by Crippen LogP contribution is 2.26. The Labute approximate surface area is 118 Å². The zero-order valence-electron chi connectivity index (χ0n) is 11.8. The Bertz CT molecular complexity index is 578. The standard InChI is InChI=1S/C15H20N2OS/c1-9-5-6-15(18)14(17-9)8-16-11(3)13-7-10(2)19-12(13)4/h5-7,11,16,18H,8H2,1-4H3. The summed E-state index contributed by atoms with van der Waals surface area (Å²) in [5, 5.41) is 13.2. The van der Waals surface area contributed by atoms with Gasteiger partial charge < -0.3 is 10.4 Å². The van der Waals surface area contributed by atoms with Crippen molar-refractivity contribution in [2.24, 2.45) is 0 Å². The van der Waals surface area contributed by atoms with Gasteiger partial charge in [0.1, 0.15) is 5.75 Å². The number of aromatic nitrogens is 1. The SMILES string of the molecule is Cc1ccc(O)c(CNC(C)c2cc(C)sc2C)n1. The van der Waals surface area contributed by atoms with E-state index in [-0.39, 0.29) is 11.8 Å². The predicted octanol–water partition coefficient (Wildman–Crippen LogP) is 3.62. The minimum Gasteiger partial charge on any atom is -0.506 e. The molecule has 0 amide bonds. The lowest BCUT2D eigenvalue weighted by atomic mass is 10.1. The van der Waals surface area contributed by atoms with Crippen LogP contribution in [0.3, 0.4) is 0 Å². The fraction of sp³-hybridized carbons (Fsp3) is 0.400. The molecule has 2 aromatic heterocycles. The molecule has 2 aromatic rings. The summed E-state index contributed by atoms with van der Waals surface area (Å²) in [7, 11) is 0. The van der Waals surface area contributed by atoms with Crippen molar-refractivity contribution < 1.29 is 5.11 Å². The lowest BCUT2D eigenvalue weighted by molar-refractivity contribution is 0.454. The van der Waals surface area contributed by atoms with Crippen molar-refractivity contribution in [3.63, 3.8) is 0 Å². The molecule has 0 saturated carbocycles. The van der Waals surface area contributed by atoms with Crippen LogP contribution in [0.25, 0.3) is 0 Å². The van der Waals surface area contributed by atoms with Gasteiger partial charge in [-0.1, -0.05) is 0 Å². The maximum absolute atomic E-state index is 9.78. The molecule has 0 radical (unpaired) electrons. The van der Waals surface area contributed by atoms with E-state index in [2.05, 4.69) is 37.1 Å².